The number of para-hydroxylation sites is 2. The third-order valence-corrected chi connectivity index (χ3v) is 4.24. The van der Waals surface area contributed by atoms with E-state index in [1.807, 2.05) is 31.2 Å². The molecule has 120 valence electrons. The SMILES string of the molecule is CC(CC(=O)Oc1ccccc1)C(Cl)C(=S)Oc1ccccc1. The van der Waals surface area contributed by atoms with Gasteiger partial charge in [0.25, 0.3) is 0 Å². The summed E-state index contributed by atoms with van der Waals surface area (Å²) >= 11 is 11.5. The number of thiocarbonyl (C=S) groups is 1. The molecular formula is C18H17ClO3S. The maximum atomic E-state index is 11.9. The quantitative estimate of drug-likeness (QED) is 0.330. The third-order valence-electron chi connectivity index (χ3n) is 3.15. The average molecular weight is 349 g/mol. The lowest BCUT2D eigenvalue weighted by Gasteiger charge is -2.18. The number of halogens is 1. The van der Waals surface area contributed by atoms with Crippen LogP contribution in [0, 0.1) is 5.92 Å². The minimum absolute atomic E-state index is 0.154. The number of carbonyl (C=O) groups excluding carboxylic acids is 1. The van der Waals surface area contributed by atoms with Crippen molar-refractivity contribution in [3.8, 4) is 11.5 Å². The van der Waals surface area contributed by atoms with Gasteiger partial charge in [0, 0.05) is 0 Å². The number of benzene rings is 2. The van der Waals surface area contributed by atoms with Crippen molar-refractivity contribution in [2.75, 3.05) is 0 Å². The fourth-order valence-electron chi connectivity index (χ4n) is 1.92. The smallest absolute Gasteiger partial charge is 0.311 e. The second-order valence-electron chi connectivity index (χ2n) is 5.10. The van der Waals surface area contributed by atoms with Crippen molar-refractivity contribution >= 4 is 34.8 Å². The maximum Gasteiger partial charge on any atom is 0.311 e. The van der Waals surface area contributed by atoms with E-state index in [2.05, 4.69) is 0 Å². The molecule has 0 heterocycles. The van der Waals surface area contributed by atoms with Crippen LogP contribution in [0.15, 0.2) is 60.7 Å². The Bertz CT molecular complexity index is 646. The second kappa shape index (κ2) is 8.65. The highest BCUT2D eigenvalue weighted by molar-refractivity contribution is 7.80. The molecule has 0 radical (unpaired) electrons. The molecule has 0 aromatic heterocycles. The van der Waals surface area contributed by atoms with Gasteiger partial charge in [0.2, 0.25) is 0 Å². The molecule has 0 aliphatic carbocycles. The molecule has 2 aromatic rings. The summed E-state index contributed by atoms with van der Waals surface area (Å²) < 4.78 is 10.8. The summed E-state index contributed by atoms with van der Waals surface area (Å²) in [5.74, 6) is 0.585. The number of carbonyl (C=O) groups is 1. The largest absolute Gasteiger partial charge is 0.449 e. The lowest BCUT2D eigenvalue weighted by Crippen LogP contribution is -2.28. The van der Waals surface area contributed by atoms with E-state index in [9.17, 15) is 4.79 Å². The third kappa shape index (κ3) is 5.66. The standard InChI is InChI=1S/C18H17ClO3S/c1-13(12-16(20)21-14-8-4-2-5-9-14)17(19)18(23)22-15-10-6-3-7-11-15/h2-11,13,17H,12H2,1H3. The van der Waals surface area contributed by atoms with Gasteiger partial charge in [-0.1, -0.05) is 43.3 Å². The van der Waals surface area contributed by atoms with Crippen molar-refractivity contribution in [1.29, 1.82) is 0 Å². The lowest BCUT2D eigenvalue weighted by atomic mass is 10.0. The molecule has 0 N–H and O–H groups in total. The van der Waals surface area contributed by atoms with Gasteiger partial charge in [0.15, 0.2) is 5.05 Å². The predicted molar refractivity (Wildman–Crippen MR) is 95.2 cm³/mol. The number of esters is 1. The zero-order valence-corrected chi connectivity index (χ0v) is 14.2. The fourth-order valence-corrected chi connectivity index (χ4v) is 2.38. The highest BCUT2D eigenvalue weighted by Crippen LogP contribution is 2.21. The van der Waals surface area contributed by atoms with Gasteiger partial charge in [-0.05, 0) is 42.4 Å². The van der Waals surface area contributed by atoms with Crippen molar-refractivity contribution < 1.29 is 14.3 Å². The number of alkyl halides is 1. The van der Waals surface area contributed by atoms with E-state index in [0.29, 0.717) is 11.5 Å². The normalized spacial score (nSPS) is 13.0. The van der Waals surface area contributed by atoms with Gasteiger partial charge in [-0.15, -0.1) is 11.6 Å². The van der Waals surface area contributed by atoms with Crippen LogP contribution in [0.25, 0.3) is 0 Å². The van der Waals surface area contributed by atoms with Crippen LogP contribution in [0.2, 0.25) is 0 Å². The van der Waals surface area contributed by atoms with E-state index in [-0.39, 0.29) is 23.4 Å². The molecule has 0 saturated carbocycles. The van der Waals surface area contributed by atoms with Gasteiger partial charge in [-0.25, -0.2) is 0 Å². The summed E-state index contributed by atoms with van der Waals surface area (Å²) in [7, 11) is 0. The summed E-state index contributed by atoms with van der Waals surface area (Å²) in [4.78, 5) is 11.9. The van der Waals surface area contributed by atoms with Gasteiger partial charge < -0.3 is 9.47 Å². The van der Waals surface area contributed by atoms with E-state index >= 15 is 0 Å². The minimum atomic E-state index is -0.562. The Morgan fingerprint density at radius 3 is 2.00 bits per heavy atom. The topological polar surface area (TPSA) is 35.5 Å². The second-order valence-corrected chi connectivity index (χ2v) is 5.98. The molecule has 0 spiro atoms. The summed E-state index contributed by atoms with van der Waals surface area (Å²) in [6, 6.07) is 18.1. The van der Waals surface area contributed by atoms with Crippen molar-refractivity contribution in [1.82, 2.24) is 0 Å². The van der Waals surface area contributed by atoms with Gasteiger partial charge in [0.05, 0.1) is 6.42 Å². The Balaban J connectivity index is 1.85. The van der Waals surface area contributed by atoms with Crippen LogP contribution in [-0.4, -0.2) is 16.4 Å². The van der Waals surface area contributed by atoms with Crippen LogP contribution in [0.1, 0.15) is 13.3 Å². The summed E-state index contributed by atoms with van der Waals surface area (Å²) in [5, 5.41) is -0.314. The molecule has 2 atom stereocenters. The Hall–Kier alpha value is -1.91. The molecule has 0 amide bonds. The van der Waals surface area contributed by atoms with Crippen molar-refractivity contribution in [3.63, 3.8) is 0 Å². The van der Waals surface area contributed by atoms with E-state index < -0.39 is 5.38 Å². The van der Waals surface area contributed by atoms with Gasteiger partial charge in [-0.3, -0.25) is 4.79 Å². The Labute approximate surface area is 146 Å². The minimum Gasteiger partial charge on any atom is -0.449 e. The van der Waals surface area contributed by atoms with Crippen LogP contribution >= 0.6 is 23.8 Å². The Morgan fingerprint density at radius 1 is 1.00 bits per heavy atom. The molecule has 2 rings (SSSR count). The number of rotatable bonds is 6. The molecule has 0 fully saturated rings. The highest BCUT2D eigenvalue weighted by Gasteiger charge is 2.24. The Kier molecular flexibility index (Phi) is 6.56. The summed E-state index contributed by atoms with van der Waals surface area (Å²) in [6.07, 6.45) is 0.154. The summed E-state index contributed by atoms with van der Waals surface area (Å²) in [5.41, 5.74) is 0. The first-order chi connectivity index (χ1) is 11.1. The monoisotopic (exact) mass is 348 g/mol. The van der Waals surface area contributed by atoms with Crippen molar-refractivity contribution in [2.45, 2.75) is 18.7 Å². The zero-order valence-electron chi connectivity index (χ0n) is 12.6. The number of ether oxygens (including phenoxy) is 2. The van der Waals surface area contributed by atoms with E-state index in [1.165, 1.54) is 0 Å². The zero-order chi connectivity index (χ0) is 16.7. The molecule has 0 saturated heterocycles. The lowest BCUT2D eigenvalue weighted by molar-refractivity contribution is -0.135. The molecule has 5 heteroatoms. The Morgan fingerprint density at radius 2 is 1.48 bits per heavy atom. The molecule has 23 heavy (non-hydrogen) atoms. The van der Waals surface area contributed by atoms with E-state index in [1.54, 1.807) is 36.4 Å². The first-order valence-corrected chi connectivity index (χ1v) is 8.07. The first-order valence-electron chi connectivity index (χ1n) is 7.23. The molecule has 2 aromatic carbocycles. The van der Waals surface area contributed by atoms with Crippen molar-refractivity contribution in [2.24, 2.45) is 5.92 Å². The maximum absolute atomic E-state index is 11.9. The molecule has 2 unspecified atom stereocenters. The summed E-state index contributed by atoms with van der Waals surface area (Å²) in [6.45, 7) is 1.84. The fraction of sp³-hybridized carbons (Fsp3) is 0.222. The highest BCUT2D eigenvalue weighted by atomic mass is 35.5. The van der Waals surface area contributed by atoms with E-state index in [4.69, 9.17) is 33.3 Å². The molecule has 0 bridgehead atoms. The number of hydrogen-bond donors (Lipinski definition) is 0. The van der Waals surface area contributed by atoms with Crippen molar-refractivity contribution in [3.05, 3.63) is 60.7 Å². The average Bonchev–Trinajstić information content (AvgIpc) is 2.55. The van der Waals surface area contributed by atoms with E-state index in [0.717, 1.165) is 0 Å². The van der Waals surface area contributed by atoms with Crippen LogP contribution in [0.3, 0.4) is 0 Å². The number of hydrogen-bond acceptors (Lipinski definition) is 4. The van der Waals surface area contributed by atoms with Crippen LogP contribution in [-0.2, 0) is 4.79 Å². The van der Waals surface area contributed by atoms with Gasteiger partial charge >= 0.3 is 5.97 Å². The van der Waals surface area contributed by atoms with Crippen LogP contribution in [0.4, 0.5) is 0 Å². The van der Waals surface area contributed by atoms with Gasteiger partial charge in [0.1, 0.15) is 16.9 Å². The van der Waals surface area contributed by atoms with Gasteiger partial charge in [-0.2, -0.15) is 0 Å². The molecule has 3 nitrogen and oxygen atoms in total. The predicted octanol–water partition coefficient (Wildman–Crippen LogP) is 4.63. The van der Waals surface area contributed by atoms with Crippen LogP contribution in [0.5, 0.6) is 11.5 Å². The molecular weight excluding hydrogens is 332 g/mol. The molecule has 0 aliphatic rings. The first kappa shape index (κ1) is 17.4. The van der Waals surface area contributed by atoms with Crippen LogP contribution < -0.4 is 9.47 Å². The molecule has 0 aliphatic heterocycles.